The van der Waals surface area contributed by atoms with Gasteiger partial charge in [-0.25, -0.2) is 8.42 Å². The maximum atomic E-state index is 12.7. The summed E-state index contributed by atoms with van der Waals surface area (Å²) in [7, 11) is -2.47. The molecule has 26 heavy (non-hydrogen) atoms. The Morgan fingerprint density at radius 1 is 1.15 bits per heavy atom. The van der Waals surface area contributed by atoms with Crippen molar-refractivity contribution < 1.29 is 18.1 Å². The fourth-order valence-corrected chi connectivity index (χ4v) is 4.16. The molecule has 0 amide bonds. The number of rotatable bonds is 7. The molecule has 0 saturated heterocycles. The van der Waals surface area contributed by atoms with Crippen molar-refractivity contribution in [3.05, 3.63) is 69.8 Å². The van der Waals surface area contributed by atoms with Gasteiger partial charge in [0.1, 0.15) is 11.8 Å². The molecule has 0 radical (unpaired) electrons. The van der Waals surface area contributed by atoms with Gasteiger partial charge < -0.3 is 4.74 Å². The van der Waals surface area contributed by atoms with Crippen molar-refractivity contribution in [2.75, 3.05) is 7.11 Å². The lowest BCUT2D eigenvalue weighted by molar-refractivity contribution is -0.536. The summed E-state index contributed by atoms with van der Waals surface area (Å²) in [6.45, 7) is 3.14. The third-order valence-corrected chi connectivity index (χ3v) is 6.12. The van der Waals surface area contributed by atoms with Gasteiger partial charge in [-0.05, 0) is 36.8 Å². The fraction of sp³-hybridized carbons (Fsp3) is 0.294. The van der Waals surface area contributed by atoms with E-state index < -0.39 is 25.4 Å². The zero-order chi connectivity index (χ0) is 19.5. The molecule has 140 valence electrons. The molecular weight excluding hydrogens is 424 g/mol. The van der Waals surface area contributed by atoms with Gasteiger partial charge in [-0.1, -0.05) is 29.8 Å². The first-order valence-electron chi connectivity index (χ1n) is 7.64. The normalized spacial score (nSPS) is 15.1. The summed E-state index contributed by atoms with van der Waals surface area (Å²) >= 11 is 3.06. The Morgan fingerprint density at radius 3 is 2.15 bits per heavy atom. The highest BCUT2D eigenvalue weighted by atomic mass is 79.9. The molecule has 0 aliphatic carbocycles. The van der Waals surface area contributed by atoms with Crippen LogP contribution >= 0.6 is 15.9 Å². The molecule has 0 fully saturated rings. The van der Waals surface area contributed by atoms with E-state index in [1.165, 1.54) is 26.2 Å². The molecule has 7 nitrogen and oxygen atoms in total. The number of hydrogen-bond acceptors (Lipinski definition) is 5. The number of sulfonamides is 1. The number of methoxy groups -OCH3 is 1. The van der Waals surface area contributed by atoms with Gasteiger partial charge in [-0.15, -0.1) is 0 Å². The van der Waals surface area contributed by atoms with E-state index >= 15 is 0 Å². The maximum Gasteiger partial charge on any atom is 0.291 e. The minimum absolute atomic E-state index is 0.0354. The molecule has 2 rings (SSSR count). The zero-order valence-corrected chi connectivity index (χ0v) is 16.9. The standard InChI is InChI=1S/C17H19BrN2O5S/c1-12-4-10-15(11-5-12)26(23,24)19-16(17(2,18)20(21)22)13-6-8-14(25-3)9-7-13/h4-11,16,19H,1-3H3/t16-,17+/m1/s1. The number of hydrogen-bond donors (Lipinski definition) is 1. The zero-order valence-electron chi connectivity index (χ0n) is 14.5. The molecule has 0 saturated carbocycles. The van der Waals surface area contributed by atoms with Crippen molar-refractivity contribution in [1.82, 2.24) is 4.72 Å². The van der Waals surface area contributed by atoms with Crippen LogP contribution in [0.5, 0.6) is 5.75 Å². The highest BCUT2D eigenvalue weighted by molar-refractivity contribution is 9.10. The molecule has 0 aromatic heterocycles. The average Bonchev–Trinajstić information content (AvgIpc) is 2.60. The predicted octanol–water partition coefficient (Wildman–Crippen LogP) is 3.41. The van der Waals surface area contributed by atoms with Crippen LogP contribution in [0.3, 0.4) is 0 Å². The van der Waals surface area contributed by atoms with Gasteiger partial charge in [0.2, 0.25) is 10.0 Å². The molecule has 0 aliphatic rings. The Morgan fingerprint density at radius 2 is 1.69 bits per heavy atom. The number of benzene rings is 2. The monoisotopic (exact) mass is 442 g/mol. The van der Waals surface area contributed by atoms with E-state index in [2.05, 4.69) is 20.7 Å². The second kappa shape index (κ2) is 7.73. The van der Waals surface area contributed by atoms with Crippen LogP contribution in [0.1, 0.15) is 24.1 Å². The van der Waals surface area contributed by atoms with E-state index in [0.717, 1.165) is 5.56 Å². The van der Waals surface area contributed by atoms with Crippen molar-refractivity contribution in [3.63, 3.8) is 0 Å². The lowest BCUT2D eigenvalue weighted by atomic mass is 10.0. The molecular formula is C17H19BrN2O5S. The summed E-state index contributed by atoms with van der Waals surface area (Å²) in [4.78, 5) is 11.0. The first kappa shape index (κ1) is 20.3. The van der Waals surface area contributed by atoms with Gasteiger partial charge in [-0.3, -0.25) is 10.1 Å². The van der Waals surface area contributed by atoms with Crippen molar-refractivity contribution in [1.29, 1.82) is 0 Å². The number of nitrogens with zero attached hydrogens (tertiary/aromatic N) is 1. The van der Waals surface area contributed by atoms with Crippen LogP contribution in [-0.4, -0.2) is 24.9 Å². The lowest BCUT2D eigenvalue weighted by Gasteiger charge is -2.26. The smallest absolute Gasteiger partial charge is 0.291 e. The van der Waals surface area contributed by atoms with Crippen LogP contribution < -0.4 is 9.46 Å². The second-order valence-electron chi connectivity index (χ2n) is 5.92. The van der Waals surface area contributed by atoms with Gasteiger partial charge in [-0.2, -0.15) is 4.72 Å². The summed E-state index contributed by atoms with van der Waals surface area (Å²) in [5, 5.41) is 11.5. The average molecular weight is 443 g/mol. The van der Waals surface area contributed by atoms with Crippen molar-refractivity contribution in [3.8, 4) is 5.75 Å². The largest absolute Gasteiger partial charge is 0.497 e. The van der Waals surface area contributed by atoms with E-state index in [0.29, 0.717) is 11.3 Å². The van der Waals surface area contributed by atoms with E-state index in [-0.39, 0.29) is 4.90 Å². The Bertz CT molecular complexity index is 880. The number of ether oxygens (including phenoxy) is 1. The Labute approximate surface area is 160 Å². The number of halogens is 1. The predicted molar refractivity (Wildman–Crippen MR) is 102 cm³/mol. The quantitative estimate of drug-likeness (QED) is 0.306. The Hall–Kier alpha value is -1.97. The molecule has 9 heteroatoms. The number of nitrogens with one attached hydrogen (secondary N) is 1. The Balaban J connectivity index is 2.46. The van der Waals surface area contributed by atoms with Gasteiger partial charge in [0.25, 0.3) is 4.45 Å². The second-order valence-corrected chi connectivity index (χ2v) is 9.24. The van der Waals surface area contributed by atoms with E-state index in [1.54, 1.807) is 36.4 Å². The SMILES string of the molecule is COc1ccc([C@@H](NS(=O)(=O)c2ccc(C)cc2)[C@@](C)(Br)[N+](=O)[O-])cc1. The van der Waals surface area contributed by atoms with Crippen LogP contribution in [0.4, 0.5) is 0 Å². The van der Waals surface area contributed by atoms with Crippen molar-refractivity contribution in [2.45, 2.75) is 29.2 Å². The minimum atomic E-state index is -3.97. The number of nitro groups is 1. The number of alkyl halides is 1. The third kappa shape index (κ3) is 4.40. The minimum Gasteiger partial charge on any atom is -0.497 e. The fourth-order valence-electron chi connectivity index (χ4n) is 2.32. The molecule has 0 bridgehead atoms. The molecule has 0 aliphatic heterocycles. The highest BCUT2D eigenvalue weighted by Crippen LogP contribution is 2.36. The van der Waals surface area contributed by atoms with Crippen molar-refractivity contribution in [2.24, 2.45) is 0 Å². The third-order valence-electron chi connectivity index (χ3n) is 3.94. The Kier molecular flexibility index (Phi) is 6.05. The molecule has 1 N–H and O–H groups in total. The highest BCUT2D eigenvalue weighted by Gasteiger charge is 2.46. The summed E-state index contributed by atoms with van der Waals surface area (Å²) in [6.07, 6.45) is 0. The summed E-state index contributed by atoms with van der Waals surface area (Å²) in [5.74, 6) is 0.561. The van der Waals surface area contributed by atoms with Gasteiger partial charge in [0.15, 0.2) is 0 Å². The van der Waals surface area contributed by atoms with Crippen molar-refractivity contribution >= 4 is 26.0 Å². The number of aryl methyl sites for hydroxylation is 1. The molecule has 0 unspecified atom stereocenters. The maximum absolute atomic E-state index is 12.7. The molecule has 2 aromatic rings. The van der Waals surface area contributed by atoms with Gasteiger partial charge >= 0.3 is 0 Å². The molecule has 2 atom stereocenters. The lowest BCUT2D eigenvalue weighted by Crippen LogP contribution is -2.45. The van der Waals surface area contributed by atoms with Crippen LogP contribution in [-0.2, 0) is 10.0 Å². The molecule has 0 heterocycles. The van der Waals surface area contributed by atoms with E-state index in [9.17, 15) is 18.5 Å². The topological polar surface area (TPSA) is 98.5 Å². The van der Waals surface area contributed by atoms with Crippen LogP contribution in [0, 0.1) is 17.0 Å². The van der Waals surface area contributed by atoms with E-state index in [1.807, 2.05) is 6.92 Å². The van der Waals surface area contributed by atoms with Crippen LogP contribution in [0.2, 0.25) is 0 Å². The summed E-state index contributed by atoms with van der Waals surface area (Å²) in [6, 6.07) is 11.5. The first-order chi connectivity index (χ1) is 12.1. The van der Waals surface area contributed by atoms with E-state index in [4.69, 9.17) is 4.74 Å². The summed E-state index contributed by atoms with van der Waals surface area (Å²) in [5.41, 5.74) is 1.34. The van der Waals surface area contributed by atoms with Gasteiger partial charge in [0.05, 0.1) is 12.0 Å². The first-order valence-corrected chi connectivity index (χ1v) is 9.92. The van der Waals surface area contributed by atoms with Crippen LogP contribution in [0.25, 0.3) is 0 Å². The molecule has 2 aromatic carbocycles. The van der Waals surface area contributed by atoms with Gasteiger partial charge in [0, 0.05) is 27.8 Å². The van der Waals surface area contributed by atoms with Crippen LogP contribution in [0.15, 0.2) is 53.4 Å². The summed E-state index contributed by atoms with van der Waals surface area (Å²) < 4.78 is 31.3. The molecule has 0 spiro atoms.